The normalized spacial score (nSPS) is 25.4. The maximum Gasteiger partial charge on any atom is 0.0577 e. The van der Waals surface area contributed by atoms with E-state index in [4.69, 9.17) is 17.3 Å². The fourth-order valence-electron chi connectivity index (χ4n) is 2.45. The molecule has 0 spiro atoms. The van der Waals surface area contributed by atoms with Gasteiger partial charge in [-0.05, 0) is 37.0 Å². The average Bonchev–Trinajstić information content (AvgIpc) is 2.22. The molecule has 1 aliphatic carbocycles. The van der Waals surface area contributed by atoms with E-state index in [9.17, 15) is 0 Å². The van der Waals surface area contributed by atoms with Crippen molar-refractivity contribution < 1.29 is 0 Å². The number of hydrogen-bond acceptors (Lipinski definition) is 2. The Morgan fingerprint density at radius 3 is 2.88 bits per heavy atom. The standard InChI is InChI=1S/C13H19ClN2/c1-9-3-2-4-11(7-9)16-13-6-5-10(14)8-12(13)15/h5-6,8-9,11,16H,2-4,7,15H2,1H3. The summed E-state index contributed by atoms with van der Waals surface area (Å²) in [6.45, 7) is 2.32. The minimum Gasteiger partial charge on any atom is -0.397 e. The first-order chi connectivity index (χ1) is 7.65. The minimum atomic E-state index is 0.562. The van der Waals surface area contributed by atoms with Crippen LogP contribution in [0.25, 0.3) is 0 Å². The van der Waals surface area contributed by atoms with Gasteiger partial charge in [0, 0.05) is 11.1 Å². The van der Waals surface area contributed by atoms with Crippen molar-refractivity contribution in [2.75, 3.05) is 11.1 Å². The van der Waals surface area contributed by atoms with Crippen LogP contribution in [0.1, 0.15) is 32.6 Å². The highest BCUT2D eigenvalue weighted by molar-refractivity contribution is 6.31. The summed E-state index contributed by atoms with van der Waals surface area (Å²) in [5.41, 5.74) is 7.68. The van der Waals surface area contributed by atoms with Crippen LogP contribution in [0.2, 0.25) is 5.02 Å². The lowest BCUT2D eigenvalue weighted by atomic mass is 9.87. The lowest BCUT2D eigenvalue weighted by molar-refractivity contribution is 0.359. The monoisotopic (exact) mass is 238 g/mol. The number of halogens is 1. The fourth-order valence-corrected chi connectivity index (χ4v) is 2.63. The van der Waals surface area contributed by atoms with E-state index in [1.54, 1.807) is 6.07 Å². The molecule has 1 saturated carbocycles. The quantitative estimate of drug-likeness (QED) is 0.767. The summed E-state index contributed by atoms with van der Waals surface area (Å²) in [6, 6.07) is 6.21. The van der Waals surface area contributed by atoms with Crippen molar-refractivity contribution >= 4 is 23.0 Å². The van der Waals surface area contributed by atoms with Gasteiger partial charge in [0.25, 0.3) is 0 Å². The Balaban J connectivity index is 2.02. The molecule has 1 aliphatic rings. The molecular weight excluding hydrogens is 220 g/mol. The Bertz CT molecular complexity index is 365. The molecule has 88 valence electrons. The first kappa shape index (κ1) is 11.6. The van der Waals surface area contributed by atoms with E-state index in [2.05, 4.69) is 12.2 Å². The highest BCUT2D eigenvalue weighted by atomic mass is 35.5. The van der Waals surface area contributed by atoms with Crippen molar-refractivity contribution in [2.45, 2.75) is 38.6 Å². The second-order valence-electron chi connectivity index (χ2n) is 4.84. The van der Waals surface area contributed by atoms with Gasteiger partial charge in [-0.25, -0.2) is 0 Å². The van der Waals surface area contributed by atoms with Gasteiger partial charge in [-0.1, -0.05) is 31.4 Å². The Morgan fingerprint density at radius 1 is 1.38 bits per heavy atom. The largest absolute Gasteiger partial charge is 0.397 e. The number of rotatable bonds is 2. The second-order valence-corrected chi connectivity index (χ2v) is 5.28. The Hall–Kier alpha value is -0.890. The lowest BCUT2D eigenvalue weighted by Crippen LogP contribution is -2.26. The van der Waals surface area contributed by atoms with Crippen LogP contribution in [0, 0.1) is 5.92 Å². The van der Waals surface area contributed by atoms with E-state index in [0.717, 1.165) is 17.3 Å². The molecule has 1 aromatic rings. The highest BCUT2D eigenvalue weighted by Gasteiger charge is 2.18. The van der Waals surface area contributed by atoms with Crippen LogP contribution in [0.3, 0.4) is 0 Å². The van der Waals surface area contributed by atoms with E-state index < -0.39 is 0 Å². The fraction of sp³-hybridized carbons (Fsp3) is 0.538. The summed E-state index contributed by atoms with van der Waals surface area (Å²) in [6.07, 6.45) is 5.15. The summed E-state index contributed by atoms with van der Waals surface area (Å²) >= 11 is 5.88. The van der Waals surface area contributed by atoms with Gasteiger partial charge in [-0.15, -0.1) is 0 Å². The first-order valence-electron chi connectivity index (χ1n) is 5.96. The number of nitrogens with two attached hydrogens (primary N) is 1. The zero-order valence-corrected chi connectivity index (χ0v) is 10.4. The smallest absolute Gasteiger partial charge is 0.0577 e. The minimum absolute atomic E-state index is 0.562. The number of anilines is 2. The topological polar surface area (TPSA) is 38.0 Å². The van der Waals surface area contributed by atoms with Gasteiger partial charge < -0.3 is 11.1 Å². The highest BCUT2D eigenvalue weighted by Crippen LogP contribution is 2.29. The van der Waals surface area contributed by atoms with Crippen molar-refractivity contribution in [3.63, 3.8) is 0 Å². The summed E-state index contributed by atoms with van der Waals surface area (Å²) in [4.78, 5) is 0. The van der Waals surface area contributed by atoms with Crippen molar-refractivity contribution in [2.24, 2.45) is 5.92 Å². The molecule has 2 nitrogen and oxygen atoms in total. The molecule has 2 rings (SSSR count). The van der Waals surface area contributed by atoms with Gasteiger partial charge in [0.2, 0.25) is 0 Å². The van der Waals surface area contributed by atoms with Crippen LogP contribution in [0.4, 0.5) is 11.4 Å². The van der Waals surface area contributed by atoms with Crippen molar-refractivity contribution in [3.8, 4) is 0 Å². The van der Waals surface area contributed by atoms with Gasteiger partial charge in [0.15, 0.2) is 0 Å². The molecule has 0 heterocycles. The van der Waals surface area contributed by atoms with Crippen molar-refractivity contribution in [1.82, 2.24) is 0 Å². The molecule has 2 unspecified atom stereocenters. The summed E-state index contributed by atoms with van der Waals surface area (Å²) in [5.74, 6) is 0.819. The van der Waals surface area contributed by atoms with Gasteiger partial charge in [0.1, 0.15) is 0 Å². The Kier molecular flexibility index (Phi) is 3.59. The molecule has 0 bridgehead atoms. The number of hydrogen-bond donors (Lipinski definition) is 2. The van der Waals surface area contributed by atoms with Crippen molar-refractivity contribution in [3.05, 3.63) is 23.2 Å². The molecule has 0 amide bonds. The van der Waals surface area contributed by atoms with Gasteiger partial charge in [-0.2, -0.15) is 0 Å². The van der Waals surface area contributed by atoms with Crippen LogP contribution in [-0.2, 0) is 0 Å². The van der Waals surface area contributed by atoms with Crippen LogP contribution in [0.5, 0.6) is 0 Å². The van der Waals surface area contributed by atoms with Gasteiger partial charge in [0.05, 0.1) is 11.4 Å². The maximum absolute atomic E-state index is 5.93. The lowest BCUT2D eigenvalue weighted by Gasteiger charge is -2.28. The van der Waals surface area contributed by atoms with E-state index in [1.807, 2.05) is 12.1 Å². The molecule has 3 N–H and O–H groups in total. The SMILES string of the molecule is CC1CCCC(Nc2ccc(Cl)cc2N)C1. The maximum atomic E-state index is 5.93. The summed E-state index contributed by atoms with van der Waals surface area (Å²) in [5, 5.41) is 4.22. The second kappa shape index (κ2) is 4.96. The predicted octanol–water partition coefficient (Wildman–Crippen LogP) is 3.91. The molecule has 0 saturated heterocycles. The van der Waals surface area contributed by atoms with Crippen LogP contribution in [-0.4, -0.2) is 6.04 Å². The molecule has 2 atom stereocenters. The molecule has 1 fully saturated rings. The Labute approximate surface area is 102 Å². The number of nitrogen functional groups attached to an aromatic ring is 1. The van der Waals surface area contributed by atoms with E-state index >= 15 is 0 Å². The third-order valence-corrected chi connectivity index (χ3v) is 3.54. The van der Waals surface area contributed by atoms with E-state index in [0.29, 0.717) is 11.1 Å². The van der Waals surface area contributed by atoms with Crippen LogP contribution < -0.4 is 11.1 Å². The first-order valence-corrected chi connectivity index (χ1v) is 6.34. The molecular formula is C13H19ClN2. The third-order valence-electron chi connectivity index (χ3n) is 3.31. The summed E-state index contributed by atoms with van der Waals surface area (Å²) in [7, 11) is 0. The Morgan fingerprint density at radius 2 is 2.19 bits per heavy atom. The van der Waals surface area contributed by atoms with Crippen molar-refractivity contribution in [1.29, 1.82) is 0 Å². The average molecular weight is 239 g/mol. The van der Waals surface area contributed by atoms with E-state index in [1.165, 1.54) is 25.7 Å². The predicted molar refractivity (Wildman–Crippen MR) is 70.9 cm³/mol. The molecule has 3 heteroatoms. The zero-order valence-electron chi connectivity index (χ0n) is 9.67. The molecule has 1 aromatic carbocycles. The van der Waals surface area contributed by atoms with Crippen LogP contribution >= 0.6 is 11.6 Å². The zero-order chi connectivity index (χ0) is 11.5. The van der Waals surface area contributed by atoms with Gasteiger partial charge >= 0.3 is 0 Å². The molecule has 0 aliphatic heterocycles. The van der Waals surface area contributed by atoms with Gasteiger partial charge in [-0.3, -0.25) is 0 Å². The summed E-state index contributed by atoms with van der Waals surface area (Å²) < 4.78 is 0. The third kappa shape index (κ3) is 2.82. The van der Waals surface area contributed by atoms with Crippen LogP contribution in [0.15, 0.2) is 18.2 Å². The molecule has 16 heavy (non-hydrogen) atoms. The molecule has 0 radical (unpaired) electrons. The number of nitrogens with one attached hydrogen (secondary N) is 1. The number of benzene rings is 1. The van der Waals surface area contributed by atoms with E-state index in [-0.39, 0.29) is 0 Å². The molecule has 0 aromatic heterocycles.